The zero-order valence-corrected chi connectivity index (χ0v) is 11.5. The smallest absolute Gasteiger partial charge is 0.131 e. The van der Waals surface area contributed by atoms with Crippen molar-refractivity contribution in [1.82, 2.24) is 5.32 Å². The Balaban J connectivity index is 2.97. The second-order valence-corrected chi connectivity index (χ2v) is 4.08. The van der Waals surface area contributed by atoms with Gasteiger partial charge in [-0.15, -0.1) is 0 Å². The molecule has 3 nitrogen and oxygen atoms in total. The number of nitrogens with one attached hydrogen (secondary N) is 1. The van der Waals surface area contributed by atoms with Crippen molar-refractivity contribution in [2.24, 2.45) is 0 Å². The molecule has 0 spiro atoms. The van der Waals surface area contributed by atoms with Gasteiger partial charge in [0.25, 0.3) is 0 Å². The summed E-state index contributed by atoms with van der Waals surface area (Å²) in [5.74, 6) is 0.252. The highest BCUT2D eigenvalue weighted by Gasteiger charge is 2.22. The fraction of sp³-hybridized carbons (Fsp3) is 0.571. The lowest BCUT2D eigenvalue weighted by Crippen LogP contribution is -2.32. The van der Waals surface area contributed by atoms with Gasteiger partial charge in [0, 0.05) is 18.2 Å². The van der Waals surface area contributed by atoms with Gasteiger partial charge in [0.15, 0.2) is 0 Å². The highest BCUT2D eigenvalue weighted by Crippen LogP contribution is 2.25. The van der Waals surface area contributed by atoms with E-state index in [4.69, 9.17) is 9.47 Å². The average molecular weight is 255 g/mol. The number of likely N-dealkylation sites (N-methyl/N-ethyl adjacent to an activating group) is 1. The van der Waals surface area contributed by atoms with E-state index in [2.05, 4.69) is 5.32 Å². The van der Waals surface area contributed by atoms with E-state index in [1.165, 1.54) is 13.2 Å². The molecule has 0 aromatic heterocycles. The first-order valence-electron chi connectivity index (χ1n) is 6.32. The lowest BCUT2D eigenvalue weighted by molar-refractivity contribution is 0.0467. The lowest BCUT2D eigenvalue weighted by atomic mass is 10.0. The van der Waals surface area contributed by atoms with Gasteiger partial charge in [0.05, 0.1) is 19.3 Å². The minimum atomic E-state index is -0.271. The first-order chi connectivity index (χ1) is 8.63. The molecule has 1 aromatic carbocycles. The van der Waals surface area contributed by atoms with Crippen LogP contribution in [0, 0.1) is 5.82 Å². The van der Waals surface area contributed by atoms with Crippen molar-refractivity contribution in [3.05, 3.63) is 29.6 Å². The maximum absolute atomic E-state index is 14.0. The second-order valence-electron chi connectivity index (χ2n) is 4.08. The van der Waals surface area contributed by atoms with E-state index in [0.29, 0.717) is 17.9 Å². The molecule has 0 aliphatic heterocycles. The highest BCUT2D eigenvalue weighted by atomic mass is 19.1. The van der Waals surface area contributed by atoms with E-state index in [9.17, 15) is 4.39 Å². The molecule has 0 aliphatic carbocycles. The molecule has 2 unspecified atom stereocenters. The largest absolute Gasteiger partial charge is 0.497 e. The van der Waals surface area contributed by atoms with Crippen molar-refractivity contribution >= 4 is 0 Å². The van der Waals surface area contributed by atoms with Gasteiger partial charge < -0.3 is 14.8 Å². The van der Waals surface area contributed by atoms with Gasteiger partial charge in [0.1, 0.15) is 11.6 Å². The Labute approximate surface area is 108 Å². The van der Waals surface area contributed by atoms with Crippen LogP contribution in [0.5, 0.6) is 5.75 Å². The molecule has 102 valence electrons. The van der Waals surface area contributed by atoms with E-state index in [-0.39, 0.29) is 18.0 Å². The Morgan fingerprint density at radius 2 is 2.06 bits per heavy atom. The summed E-state index contributed by atoms with van der Waals surface area (Å²) in [6, 6.07) is 4.76. The number of methoxy groups -OCH3 is 1. The molecule has 0 fully saturated rings. The Morgan fingerprint density at radius 1 is 1.33 bits per heavy atom. The summed E-state index contributed by atoms with van der Waals surface area (Å²) in [6.45, 7) is 7.24. The molecule has 18 heavy (non-hydrogen) atoms. The van der Waals surface area contributed by atoms with Crippen molar-refractivity contribution in [3.8, 4) is 5.75 Å². The highest BCUT2D eigenvalue weighted by molar-refractivity contribution is 5.31. The van der Waals surface area contributed by atoms with Gasteiger partial charge in [0.2, 0.25) is 0 Å². The molecule has 0 bridgehead atoms. The van der Waals surface area contributed by atoms with Gasteiger partial charge in [-0.3, -0.25) is 0 Å². The molecular formula is C14H22FNO2. The predicted molar refractivity (Wildman–Crippen MR) is 70.5 cm³/mol. The summed E-state index contributed by atoms with van der Waals surface area (Å²) in [6.07, 6.45) is -0.0853. The first-order valence-corrected chi connectivity index (χ1v) is 6.32. The summed E-state index contributed by atoms with van der Waals surface area (Å²) < 4.78 is 24.6. The molecular weight excluding hydrogens is 233 g/mol. The third-order valence-electron chi connectivity index (χ3n) is 2.87. The summed E-state index contributed by atoms with van der Waals surface area (Å²) in [5, 5.41) is 3.26. The Morgan fingerprint density at radius 3 is 2.56 bits per heavy atom. The monoisotopic (exact) mass is 255 g/mol. The van der Waals surface area contributed by atoms with Crippen molar-refractivity contribution < 1.29 is 13.9 Å². The summed E-state index contributed by atoms with van der Waals surface area (Å²) in [4.78, 5) is 0. The van der Waals surface area contributed by atoms with Crippen LogP contribution in [0.3, 0.4) is 0 Å². The molecule has 0 amide bonds. The number of halogens is 1. The number of ether oxygens (including phenoxy) is 2. The Hall–Kier alpha value is -1.13. The lowest BCUT2D eigenvalue weighted by Gasteiger charge is -2.25. The van der Waals surface area contributed by atoms with Gasteiger partial charge >= 0.3 is 0 Å². The normalized spacial score (nSPS) is 14.3. The van der Waals surface area contributed by atoms with E-state index in [1.54, 1.807) is 12.1 Å². The third-order valence-corrected chi connectivity index (χ3v) is 2.87. The molecule has 0 saturated heterocycles. The fourth-order valence-electron chi connectivity index (χ4n) is 1.99. The van der Waals surface area contributed by atoms with Crippen LogP contribution in [0.4, 0.5) is 4.39 Å². The van der Waals surface area contributed by atoms with Crippen LogP contribution in [0.1, 0.15) is 32.4 Å². The molecule has 4 heteroatoms. The molecule has 0 saturated carbocycles. The average Bonchev–Trinajstić information content (AvgIpc) is 2.36. The van der Waals surface area contributed by atoms with Gasteiger partial charge in [-0.25, -0.2) is 4.39 Å². The van der Waals surface area contributed by atoms with Crippen molar-refractivity contribution in [2.75, 3.05) is 20.3 Å². The Kier molecular flexibility index (Phi) is 6.09. The van der Waals surface area contributed by atoms with Crippen LogP contribution >= 0.6 is 0 Å². The third kappa shape index (κ3) is 3.68. The van der Waals surface area contributed by atoms with Crippen LogP contribution in [0.2, 0.25) is 0 Å². The summed E-state index contributed by atoms with van der Waals surface area (Å²) in [7, 11) is 1.53. The number of rotatable bonds is 7. The molecule has 1 aromatic rings. The molecule has 0 heterocycles. The van der Waals surface area contributed by atoms with E-state index >= 15 is 0 Å². The van der Waals surface area contributed by atoms with Gasteiger partial charge in [-0.2, -0.15) is 0 Å². The first kappa shape index (κ1) is 14.9. The Bertz CT molecular complexity index is 371. The van der Waals surface area contributed by atoms with Gasteiger partial charge in [-0.05, 0) is 26.5 Å². The van der Waals surface area contributed by atoms with Crippen LogP contribution < -0.4 is 10.1 Å². The minimum Gasteiger partial charge on any atom is -0.497 e. The number of hydrogen-bond donors (Lipinski definition) is 1. The van der Waals surface area contributed by atoms with Crippen LogP contribution in [-0.4, -0.2) is 26.4 Å². The topological polar surface area (TPSA) is 30.5 Å². The van der Waals surface area contributed by atoms with Crippen LogP contribution in [0.25, 0.3) is 0 Å². The summed E-state index contributed by atoms with van der Waals surface area (Å²) in [5.41, 5.74) is 0.610. The standard InChI is InChI=1S/C14H22FNO2/c1-5-16-14(10(3)18-6-2)12-8-7-11(17-4)9-13(12)15/h7-10,14,16H,5-6H2,1-4H3. The summed E-state index contributed by atoms with van der Waals surface area (Å²) >= 11 is 0. The quantitative estimate of drug-likeness (QED) is 0.812. The van der Waals surface area contributed by atoms with Crippen LogP contribution in [0.15, 0.2) is 18.2 Å². The predicted octanol–water partition coefficient (Wildman–Crippen LogP) is 2.91. The maximum atomic E-state index is 14.0. The molecule has 0 aliphatic rings. The zero-order valence-electron chi connectivity index (χ0n) is 11.5. The maximum Gasteiger partial charge on any atom is 0.131 e. The van der Waals surface area contributed by atoms with Gasteiger partial charge in [-0.1, -0.05) is 13.0 Å². The van der Waals surface area contributed by atoms with E-state index in [0.717, 1.165) is 6.54 Å². The van der Waals surface area contributed by atoms with Crippen LogP contribution in [-0.2, 0) is 4.74 Å². The molecule has 0 radical (unpaired) electrons. The van der Waals surface area contributed by atoms with Crippen molar-refractivity contribution in [2.45, 2.75) is 32.9 Å². The molecule has 1 rings (SSSR count). The SMILES string of the molecule is CCNC(c1ccc(OC)cc1F)C(C)OCC. The number of benzene rings is 1. The van der Waals surface area contributed by atoms with Crippen molar-refractivity contribution in [3.63, 3.8) is 0 Å². The molecule has 2 atom stereocenters. The minimum absolute atomic E-state index is 0.0853. The second kappa shape index (κ2) is 7.34. The molecule has 1 N–H and O–H groups in total. The van der Waals surface area contributed by atoms with Crippen molar-refractivity contribution in [1.29, 1.82) is 0 Å². The zero-order chi connectivity index (χ0) is 13.5. The number of hydrogen-bond acceptors (Lipinski definition) is 3. The van der Waals surface area contributed by atoms with E-state index < -0.39 is 0 Å². The fourth-order valence-corrected chi connectivity index (χ4v) is 1.99. The van der Waals surface area contributed by atoms with E-state index in [1.807, 2.05) is 20.8 Å².